The molecule has 0 saturated heterocycles. The molecule has 3 heteroatoms. The lowest BCUT2D eigenvalue weighted by atomic mass is 10.1. The maximum atomic E-state index is 12.8. The first-order valence-corrected chi connectivity index (χ1v) is 9.27. The minimum atomic E-state index is -0.0649. The Morgan fingerprint density at radius 1 is 0.880 bits per heavy atom. The summed E-state index contributed by atoms with van der Waals surface area (Å²) in [4.78, 5) is 13.8. The van der Waals surface area contributed by atoms with E-state index in [-0.39, 0.29) is 5.91 Å². The Kier molecular flexibility index (Phi) is 5.56. The highest BCUT2D eigenvalue weighted by Crippen LogP contribution is 2.27. The van der Waals surface area contributed by atoms with Crippen LogP contribution in [-0.4, -0.2) is 5.91 Å². The Bertz CT molecular complexity index is 874. The van der Waals surface area contributed by atoms with E-state index in [2.05, 4.69) is 30.4 Å². The summed E-state index contributed by atoms with van der Waals surface area (Å²) in [5, 5.41) is 3.05. The van der Waals surface area contributed by atoms with Gasteiger partial charge in [0.05, 0.1) is 5.56 Å². The number of hydrogen-bond donors (Lipinski definition) is 1. The summed E-state index contributed by atoms with van der Waals surface area (Å²) < 4.78 is 0. The highest BCUT2D eigenvalue weighted by atomic mass is 32.2. The number of rotatable bonds is 5. The molecule has 0 aliphatic carbocycles. The standard InChI is InChI=1S/C22H21NOS/c1-16-9-8-13-20(17(16)2)23-22(24)19-12-6-7-14-21(19)25-15-18-10-4-3-5-11-18/h3-14H,15H2,1-2H3,(H,23,24). The number of carbonyl (C=O) groups excluding carboxylic acids is 1. The van der Waals surface area contributed by atoms with Crippen LogP contribution in [0, 0.1) is 13.8 Å². The van der Waals surface area contributed by atoms with Gasteiger partial charge in [-0.25, -0.2) is 0 Å². The number of thioether (sulfide) groups is 1. The molecule has 0 aromatic heterocycles. The number of aryl methyl sites for hydroxylation is 1. The topological polar surface area (TPSA) is 29.1 Å². The highest BCUT2D eigenvalue weighted by Gasteiger charge is 2.13. The van der Waals surface area contributed by atoms with E-state index >= 15 is 0 Å². The van der Waals surface area contributed by atoms with Gasteiger partial charge in [0.1, 0.15) is 0 Å². The first-order valence-electron chi connectivity index (χ1n) is 8.28. The van der Waals surface area contributed by atoms with Crippen LogP contribution in [0.5, 0.6) is 0 Å². The van der Waals surface area contributed by atoms with Crippen LogP contribution in [0.25, 0.3) is 0 Å². The zero-order chi connectivity index (χ0) is 17.6. The summed E-state index contributed by atoms with van der Waals surface area (Å²) in [5.41, 5.74) is 5.10. The van der Waals surface area contributed by atoms with Crippen molar-refractivity contribution in [1.82, 2.24) is 0 Å². The molecule has 3 aromatic carbocycles. The predicted molar refractivity (Wildman–Crippen MR) is 106 cm³/mol. The van der Waals surface area contributed by atoms with Gasteiger partial charge in [-0.05, 0) is 48.7 Å². The van der Waals surface area contributed by atoms with Crippen LogP contribution in [0.15, 0.2) is 77.7 Å². The number of benzene rings is 3. The van der Waals surface area contributed by atoms with Crippen LogP contribution in [0.3, 0.4) is 0 Å². The lowest BCUT2D eigenvalue weighted by molar-refractivity contribution is 0.102. The normalized spacial score (nSPS) is 10.5. The molecule has 25 heavy (non-hydrogen) atoms. The quantitative estimate of drug-likeness (QED) is 0.587. The molecule has 0 saturated carbocycles. The lowest BCUT2D eigenvalue weighted by Gasteiger charge is -2.13. The van der Waals surface area contributed by atoms with Crippen molar-refractivity contribution < 1.29 is 4.79 Å². The average Bonchev–Trinajstić information content (AvgIpc) is 2.65. The van der Waals surface area contributed by atoms with Crippen molar-refractivity contribution in [2.75, 3.05) is 5.32 Å². The first kappa shape index (κ1) is 17.3. The molecule has 0 aliphatic rings. The second kappa shape index (κ2) is 8.04. The summed E-state index contributed by atoms with van der Waals surface area (Å²) in [7, 11) is 0. The van der Waals surface area contributed by atoms with Gasteiger partial charge < -0.3 is 5.32 Å². The third-order valence-electron chi connectivity index (χ3n) is 4.22. The van der Waals surface area contributed by atoms with E-state index < -0.39 is 0 Å². The van der Waals surface area contributed by atoms with Gasteiger partial charge in [0.25, 0.3) is 5.91 Å². The second-order valence-corrected chi connectivity index (χ2v) is 6.99. The van der Waals surface area contributed by atoms with Gasteiger partial charge in [0.2, 0.25) is 0 Å². The molecule has 0 atom stereocenters. The van der Waals surface area contributed by atoms with E-state index in [1.165, 1.54) is 11.1 Å². The van der Waals surface area contributed by atoms with Crippen molar-refractivity contribution in [3.63, 3.8) is 0 Å². The first-order chi connectivity index (χ1) is 12.1. The molecule has 0 unspecified atom stereocenters. The summed E-state index contributed by atoms with van der Waals surface area (Å²) in [6.45, 7) is 4.08. The Morgan fingerprint density at radius 3 is 2.40 bits per heavy atom. The maximum Gasteiger partial charge on any atom is 0.256 e. The minimum absolute atomic E-state index is 0.0649. The smallest absolute Gasteiger partial charge is 0.256 e. The third-order valence-corrected chi connectivity index (χ3v) is 5.37. The van der Waals surface area contributed by atoms with E-state index in [1.807, 2.05) is 61.5 Å². The van der Waals surface area contributed by atoms with Gasteiger partial charge in [0, 0.05) is 16.3 Å². The Labute approximate surface area is 153 Å². The fourth-order valence-corrected chi connectivity index (χ4v) is 3.60. The largest absolute Gasteiger partial charge is 0.322 e. The van der Waals surface area contributed by atoms with Crippen molar-refractivity contribution in [3.8, 4) is 0 Å². The maximum absolute atomic E-state index is 12.8. The van der Waals surface area contributed by atoms with Crippen LogP contribution in [0.4, 0.5) is 5.69 Å². The highest BCUT2D eigenvalue weighted by molar-refractivity contribution is 7.98. The summed E-state index contributed by atoms with van der Waals surface area (Å²) >= 11 is 1.69. The lowest BCUT2D eigenvalue weighted by Crippen LogP contribution is -2.14. The Morgan fingerprint density at radius 2 is 1.60 bits per heavy atom. The van der Waals surface area contributed by atoms with Crippen LogP contribution < -0.4 is 5.32 Å². The molecule has 0 radical (unpaired) electrons. The SMILES string of the molecule is Cc1cccc(NC(=O)c2ccccc2SCc2ccccc2)c1C. The van der Waals surface area contributed by atoms with Crippen molar-refractivity contribution in [2.24, 2.45) is 0 Å². The summed E-state index contributed by atoms with van der Waals surface area (Å²) in [6, 6.07) is 24.0. The van der Waals surface area contributed by atoms with Crippen molar-refractivity contribution in [1.29, 1.82) is 0 Å². The Balaban J connectivity index is 1.78. The van der Waals surface area contributed by atoms with Crippen LogP contribution in [0.1, 0.15) is 27.0 Å². The average molecular weight is 347 g/mol. The van der Waals surface area contributed by atoms with Crippen LogP contribution in [-0.2, 0) is 5.75 Å². The molecular weight excluding hydrogens is 326 g/mol. The van der Waals surface area contributed by atoms with Crippen molar-refractivity contribution in [2.45, 2.75) is 24.5 Å². The van der Waals surface area contributed by atoms with Crippen molar-refractivity contribution >= 4 is 23.4 Å². The Hall–Kier alpha value is -2.52. The molecule has 0 bridgehead atoms. The van der Waals surface area contributed by atoms with E-state index in [4.69, 9.17) is 0 Å². The predicted octanol–water partition coefficient (Wildman–Crippen LogP) is 5.85. The summed E-state index contributed by atoms with van der Waals surface area (Å²) in [5.74, 6) is 0.777. The second-order valence-electron chi connectivity index (χ2n) is 5.97. The van der Waals surface area contributed by atoms with E-state index in [0.717, 1.165) is 21.9 Å². The molecule has 3 aromatic rings. The van der Waals surface area contributed by atoms with E-state index in [9.17, 15) is 4.79 Å². The number of anilines is 1. The number of hydrogen-bond acceptors (Lipinski definition) is 2. The zero-order valence-electron chi connectivity index (χ0n) is 14.5. The molecule has 0 spiro atoms. The van der Waals surface area contributed by atoms with E-state index in [1.54, 1.807) is 11.8 Å². The van der Waals surface area contributed by atoms with Crippen molar-refractivity contribution in [3.05, 3.63) is 95.1 Å². The van der Waals surface area contributed by atoms with Gasteiger partial charge in [-0.2, -0.15) is 0 Å². The van der Waals surface area contributed by atoms with Gasteiger partial charge in [-0.15, -0.1) is 11.8 Å². The molecule has 0 fully saturated rings. The van der Waals surface area contributed by atoms with Gasteiger partial charge >= 0.3 is 0 Å². The summed E-state index contributed by atoms with van der Waals surface area (Å²) in [6.07, 6.45) is 0. The fourth-order valence-electron chi connectivity index (χ4n) is 2.59. The monoisotopic (exact) mass is 347 g/mol. The minimum Gasteiger partial charge on any atom is -0.322 e. The fraction of sp³-hybridized carbons (Fsp3) is 0.136. The van der Waals surface area contributed by atoms with E-state index in [0.29, 0.717) is 5.56 Å². The molecule has 3 rings (SSSR count). The van der Waals surface area contributed by atoms with Gasteiger partial charge in [-0.3, -0.25) is 4.79 Å². The van der Waals surface area contributed by atoms with Gasteiger partial charge in [-0.1, -0.05) is 54.6 Å². The molecule has 0 aliphatic heterocycles. The zero-order valence-corrected chi connectivity index (χ0v) is 15.3. The van der Waals surface area contributed by atoms with Crippen LogP contribution >= 0.6 is 11.8 Å². The molecule has 0 heterocycles. The number of amides is 1. The molecule has 2 nitrogen and oxygen atoms in total. The number of carbonyl (C=O) groups is 1. The third kappa shape index (κ3) is 4.31. The van der Waals surface area contributed by atoms with Crippen LogP contribution in [0.2, 0.25) is 0 Å². The molecule has 126 valence electrons. The molecule has 1 amide bonds. The molecule has 1 N–H and O–H groups in total. The number of nitrogens with one attached hydrogen (secondary N) is 1. The van der Waals surface area contributed by atoms with Gasteiger partial charge in [0.15, 0.2) is 0 Å². The molecular formula is C22H21NOS.